The molecule has 1 amide bonds. The minimum atomic E-state index is 0.0993. The molecule has 1 aliphatic carbocycles. The molecule has 2 aromatic heterocycles. The number of nitrogens with one attached hydrogen (secondary N) is 1. The first-order chi connectivity index (χ1) is 11.0. The third kappa shape index (κ3) is 2.64. The molecule has 0 bridgehead atoms. The van der Waals surface area contributed by atoms with Gasteiger partial charge in [-0.1, -0.05) is 20.3 Å². The summed E-state index contributed by atoms with van der Waals surface area (Å²) >= 11 is 0. The van der Waals surface area contributed by atoms with Crippen molar-refractivity contribution in [2.75, 3.05) is 5.32 Å². The molecular formula is C18H22N4O. The van der Waals surface area contributed by atoms with Gasteiger partial charge in [0.05, 0.1) is 6.20 Å². The van der Waals surface area contributed by atoms with Crippen molar-refractivity contribution >= 4 is 11.7 Å². The first-order valence-electron chi connectivity index (χ1n) is 8.34. The Hall–Kier alpha value is -2.17. The number of hydrogen-bond donors (Lipinski definition) is 1. The fourth-order valence-electron chi connectivity index (χ4n) is 3.45. The molecule has 5 heteroatoms. The standard InChI is InChI=1S/C18H22N4O/c1-18(2)9-15-14(10-20-22(15)11-18)13-6-7-19-16(8-13)21-17(23)12-4-3-5-12/h6-8,10,12H,3-5,9,11H2,1-2H3,(H,19,21,23). The van der Waals surface area contributed by atoms with Gasteiger partial charge in [0, 0.05) is 29.9 Å². The van der Waals surface area contributed by atoms with E-state index in [0.29, 0.717) is 5.82 Å². The normalized spacial score (nSPS) is 19.2. The van der Waals surface area contributed by atoms with Crippen molar-refractivity contribution in [3.63, 3.8) is 0 Å². The monoisotopic (exact) mass is 310 g/mol. The Kier molecular flexibility index (Phi) is 3.25. The molecule has 0 radical (unpaired) electrons. The lowest BCUT2D eigenvalue weighted by atomic mass is 9.85. The van der Waals surface area contributed by atoms with Crippen molar-refractivity contribution in [1.82, 2.24) is 14.8 Å². The van der Waals surface area contributed by atoms with Crippen molar-refractivity contribution in [2.45, 2.75) is 46.1 Å². The number of anilines is 1. The zero-order chi connectivity index (χ0) is 16.0. The van der Waals surface area contributed by atoms with E-state index < -0.39 is 0 Å². The van der Waals surface area contributed by atoms with E-state index in [0.717, 1.165) is 43.4 Å². The van der Waals surface area contributed by atoms with Gasteiger partial charge in [-0.15, -0.1) is 0 Å². The molecular weight excluding hydrogens is 288 g/mol. The van der Waals surface area contributed by atoms with Gasteiger partial charge in [0.25, 0.3) is 0 Å². The lowest BCUT2D eigenvalue weighted by molar-refractivity contribution is -0.122. The van der Waals surface area contributed by atoms with Gasteiger partial charge in [-0.3, -0.25) is 9.48 Å². The van der Waals surface area contributed by atoms with Crippen molar-refractivity contribution in [3.05, 3.63) is 30.2 Å². The summed E-state index contributed by atoms with van der Waals surface area (Å²) in [6.45, 7) is 5.49. The maximum Gasteiger partial charge on any atom is 0.228 e. The molecule has 1 fully saturated rings. The number of pyridine rings is 1. The van der Waals surface area contributed by atoms with Crippen LogP contribution in [-0.2, 0) is 17.8 Å². The van der Waals surface area contributed by atoms with E-state index in [1.54, 1.807) is 6.20 Å². The van der Waals surface area contributed by atoms with E-state index in [2.05, 4.69) is 33.9 Å². The zero-order valence-electron chi connectivity index (χ0n) is 13.7. The number of hydrogen-bond acceptors (Lipinski definition) is 3. The summed E-state index contributed by atoms with van der Waals surface area (Å²) in [6, 6.07) is 3.95. The molecule has 0 atom stereocenters. The number of rotatable bonds is 3. The van der Waals surface area contributed by atoms with Gasteiger partial charge >= 0.3 is 0 Å². The fraction of sp³-hybridized carbons (Fsp3) is 0.500. The van der Waals surface area contributed by atoms with E-state index in [1.807, 2.05) is 18.3 Å². The van der Waals surface area contributed by atoms with Crippen LogP contribution in [-0.4, -0.2) is 20.7 Å². The first kappa shape index (κ1) is 14.4. The summed E-state index contributed by atoms with van der Waals surface area (Å²) in [5.41, 5.74) is 3.75. The molecule has 3 heterocycles. The smallest absolute Gasteiger partial charge is 0.228 e. The highest BCUT2D eigenvalue weighted by atomic mass is 16.2. The van der Waals surface area contributed by atoms with Gasteiger partial charge < -0.3 is 5.32 Å². The lowest BCUT2D eigenvalue weighted by Gasteiger charge is -2.23. The van der Waals surface area contributed by atoms with Gasteiger partial charge in [-0.05, 0) is 42.4 Å². The van der Waals surface area contributed by atoms with Gasteiger partial charge in [0.15, 0.2) is 0 Å². The summed E-state index contributed by atoms with van der Waals surface area (Å²) in [5.74, 6) is 0.903. The maximum absolute atomic E-state index is 12.1. The van der Waals surface area contributed by atoms with Crippen LogP contribution in [0.25, 0.3) is 11.1 Å². The van der Waals surface area contributed by atoms with E-state index >= 15 is 0 Å². The number of nitrogens with zero attached hydrogens (tertiary/aromatic N) is 3. The second-order valence-electron chi connectivity index (χ2n) is 7.55. The van der Waals surface area contributed by atoms with Crippen LogP contribution in [0.5, 0.6) is 0 Å². The molecule has 1 aliphatic heterocycles. The summed E-state index contributed by atoms with van der Waals surface area (Å²) in [6.07, 6.45) is 7.86. The SMILES string of the molecule is CC1(C)Cc2c(-c3ccnc(NC(=O)C4CCC4)c3)cnn2C1. The average molecular weight is 310 g/mol. The van der Waals surface area contributed by atoms with E-state index in [-0.39, 0.29) is 17.2 Å². The highest BCUT2D eigenvalue weighted by molar-refractivity contribution is 5.92. The molecule has 0 spiro atoms. The molecule has 120 valence electrons. The number of carbonyl (C=O) groups is 1. The Morgan fingerprint density at radius 1 is 1.39 bits per heavy atom. The van der Waals surface area contributed by atoms with Crippen LogP contribution in [0.3, 0.4) is 0 Å². The summed E-state index contributed by atoms with van der Waals surface area (Å²) < 4.78 is 2.10. The summed E-state index contributed by atoms with van der Waals surface area (Å²) in [7, 11) is 0. The Morgan fingerprint density at radius 2 is 2.22 bits per heavy atom. The molecule has 23 heavy (non-hydrogen) atoms. The molecule has 0 aromatic carbocycles. The van der Waals surface area contributed by atoms with Gasteiger partial charge in [0.1, 0.15) is 5.82 Å². The van der Waals surface area contributed by atoms with Crippen LogP contribution >= 0.6 is 0 Å². The predicted molar refractivity (Wildman–Crippen MR) is 88.9 cm³/mol. The van der Waals surface area contributed by atoms with Crippen molar-refractivity contribution in [2.24, 2.45) is 11.3 Å². The van der Waals surface area contributed by atoms with Gasteiger partial charge in [0.2, 0.25) is 5.91 Å². The molecule has 1 N–H and O–H groups in total. The minimum Gasteiger partial charge on any atom is -0.310 e. The predicted octanol–water partition coefficient (Wildman–Crippen LogP) is 3.27. The second kappa shape index (κ2) is 5.18. The quantitative estimate of drug-likeness (QED) is 0.946. The van der Waals surface area contributed by atoms with Crippen LogP contribution < -0.4 is 5.32 Å². The van der Waals surface area contributed by atoms with E-state index in [1.165, 1.54) is 5.69 Å². The maximum atomic E-state index is 12.1. The summed E-state index contributed by atoms with van der Waals surface area (Å²) in [5, 5.41) is 7.47. The van der Waals surface area contributed by atoms with Gasteiger partial charge in [-0.2, -0.15) is 5.10 Å². The number of amides is 1. The number of fused-ring (bicyclic) bond motifs is 1. The third-order valence-electron chi connectivity index (χ3n) is 4.97. The average Bonchev–Trinajstić information content (AvgIpc) is 2.91. The fourth-order valence-corrected chi connectivity index (χ4v) is 3.45. The largest absolute Gasteiger partial charge is 0.310 e. The number of aromatic nitrogens is 3. The number of carbonyl (C=O) groups excluding carboxylic acids is 1. The highest BCUT2D eigenvalue weighted by Gasteiger charge is 2.31. The zero-order valence-corrected chi connectivity index (χ0v) is 13.7. The van der Waals surface area contributed by atoms with Crippen LogP contribution in [0.4, 0.5) is 5.82 Å². The molecule has 5 nitrogen and oxygen atoms in total. The Balaban J connectivity index is 1.59. The molecule has 0 saturated heterocycles. The topological polar surface area (TPSA) is 59.8 Å². The van der Waals surface area contributed by atoms with Crippen molar-refractivity contribution in [3.8, 4) is 11.1 Å². The van der Waals surface area contributed by atoms with Crippen LogP contribution in [0, 0.1) is 11.3 Å². The molecule has 0 unspecified atom stereocenters. The van der Waals surface area contributed by atoms with Crippen molar-refractivity contribution in [1.29, 1.82) is 0 Å². The Labute approximate surface area is 136 Å². The Morgan fingerprint density at radius 3 is 2.96 bits per heavy atom. The van der Waals surface area contributed by atoms with Crippen LogP contribution in [0.1, 0.15) is 38.8 Å². The molecule has 1 saturated carbocycles. The van der Waals surface area contributed by atoms with Crippen LogP contribution in [0.15, 0.2) is 24.5 Å². The molecule has 2 aromatic rings. The minimum absolute atomic E-state index is 0.0993. The van der Waals surface area contributed by atoms with E-state index in [9.17, 15) is 4.79 Å². The molecule has 2 aliphatic rings. The highest BCUT2D eigenvalue weighted by Crippen LogP contribution is 2.37. The van der Waals surface area contributed by atoms with Crippen molar-refractivity contribution < 1.29 is 4.79 Å². The Bertz CT molecular complexity index is 758. The second-order valence-corrected chi connectivity index (χ2v) is 7.55. The third-order valence-corrected chi connectivity index (χ3v) is 4.97. The molecule has 4 rings (SSSR count). The lowest BCUT2D eigenvalue weighted by Crippen LogP contribution is -2.28. The van der Waals surface area contributed by atoms with Crippen LogP contribution in [0.2, 0.25) is 0 Å². The van der Waals surface area contributed by atoms with Gasteiger partial charge in [-0.25, -0.2) is 4.98 Å². The van der Waals surface area contributed by atoms with E-state index in [4.69, 9.17) is 0 Å². The first-order valence-corrected chi connectivity index (χ1v) is 8.34. The summed E-state index contributed by atoms with van der Waals surface area (Å²) in [4.78, 5) is 16.4.